The fourth-order valence-corrected chi connectivity index (χ4v) is 2.27. The fourth-order valence-electron chi connectivity index (χ4n) is 2.27. The molecule has 1 aliphatic heterocycles. The molecule has 3 rings (SSSR count). The summed E-state index contributed by atoms with van der Waals surface area (Å²) in [6, 6.07) is 0.404. The number of hydrogen-bond acceptors (Lipinski definition) is 6. The van der Waals surface area contributed by atoms with E-state index >= 15 is 0 Å². The van der Waals surface area contributed by atoms with Crippen molar-refractivity contribution in [2.75, 3.05) is 18.4 Å². The molecule has 0 radical (unpaired) electrons. The third-order valence-corrected chi connectivity index (χ3v) is 3.27. The first-order chi connectivity index (χ1) is 9.81. The summed E-state index contributed by atoms with van der Waals surface area (Å²) in [6.07, 6.45) is 7.05. The maximum absolute atomic E-state index is 11.8. The summed E-state index contributed by atoms with van der Waals surface area (Å²) >= 11 is 0. The molecule has 0 bridgehead atoms. The molecule has 106 valence electrons. The fraction of sp³-hybridized carbons (Fsp3) is 0.545. The molecule has 3 heterocycles. The van der Waals surface area contributed by atoms with Crippen molar-refractivity contribution in [3.8, 4) is 0 Å². The maximum Gasteiger partial charge on any atom is 0.246 e. The Labute approximate surface area is 115 Å². The number of carbonyl (C=O) groups excluding carboxylic acids is 1. The van der Waals surface area contributed by atoms with E-state index in [1.54, 1.807) is 6.20 Å². The lowest BCUT2D eigenvalue weighted by atomic mass is 10.1. The molecule has 0 aliphatic carbocycles. The quantitative estimate of drug-likeness (QED) is 0.775. The van der Waals surface area contributed by atoms with E-state index in [9.17, 15) is 4.79 Å². The number of hydrogen-bond donors (Lipinski definition) is 2. The Bertz CT molecular complexity index is 557. The van der Waals surface area contributed by atoms with Crippen molar-refractivity contribution in [3.05, 3.63) is 18.7 Å². The first-order valence-corrected chi connectivity index (χ1v) is 6.57. The first-order valence-electron chi connectivity index (χ1n) is 6.57. The molecule has 1 saturated heterocycles. The molecule has 9 heteroatoms. The van der Waals surface area contributed by atoms with Crippen LogP contribution in [-0.2, 0) is 11.3 Å². The second-order valence-electron chi connectivity index (χ2n) is 4.75. The van der Waals surface area contributed by atoms with Gasteiger partial charge in [0.2, 0.25) is 5.91 Å². The summed E-state index contributed by atoms with van der Waals surface area (Å²) in [7, 11) is 0. The van der Waals surface area contributed by atoms with Crippen molar-refractivity contribution in [2.24, 2.45) is 0 Å². The molecule has 0 saturated carbocycles. The summed E-state index contributed by atoms with van der Waals surface area (Å²) in [5, 5.41) is 21.0. The van der Waals surface area contributed by atoms with Crippen LogP contribution in [0, 0.1) is 0 Å². The minimum atomic E-state index is -0.179. The molecule has 0 aromatic carbocycles. The van der Waals surface area contributed by atoms with Gasteiger partial charge in [0.15, 0.2) is 0 Å². The minimum absolute atomic E-state index is 0.0888. The van der Waals surface area contributed by atoms with Crippen molar-refractivity contribution in [2.45, 2.75) is 25.4 Å². The molecule has 20 heavy (non-hydrogen) atoms. The van der Waals surface area contributed by atoms with Crippen LogP contribution in [0.3, 0.4) is 0 Å². The predicted molar refractivity (Wildman–Crippen MR) is 69.8 cm³/mol. The normalized spacial score (nSPS) is 16.2. The van der Waals surface area contributed by atoms with E-state index in [0.29, 0.717) is 11.7 Å². The molecule has 0 atom stereocenters. The summed E-state index contributed by atoms with van der Waals surface area (Å²) in [5.41, 5.74) is 0.696. The Morgan fingerprint density at radius 1 is 1.45 bits per heavy atom. The second-order valence-corrected chi connectivity index (χ2v) is 4.75. The molecule has 1 amide bonds. The summed E-state index contributed by atoms with van der Waals surface area (Å²) in [4.78, 5) is 11.8. The predicted octanol–water partition coefficient (Wildman–Crippen LogP) is -0.567. The van der Waals surface area contributed by atoms with Crippen LogP contribution in [0.1, 0.15) is 18.9 Å². The van der Waals surface area contributed by atoms with Gasteiger partial charge in [0.1, 0.15) is 12.9 Å². The molecule has 2 aromatic rings. The van der Waals surface area contributed by atoms with E-state index in [4.69, 9.17) is 0 Å². The Morgan fingerprint density at radius 3 is 3.05 bits per heavy atom. The molecular formula is C11H16N8O. The molecule has 1 fully saturated rings. The average molecular weight is 276 g/mol. The molecular weight excluding hydrogens is 260 g/mol. The highest BCUT2D eigenvalue weighted by atomic mass is 16.2. The van der Waals surface area contributed by atoms with E-state index < -0.39 is 0 Å². The number of aromatic nitrogens is 6. The molecule has 9 nitrogen and oxygen atoms in total. The number of nitrogens with zero attached hydrogens (tertiary/aromatic N) is 6. The molecule has 2 N–H and O–H groups in total. The van der Waals surface area contributed by atoms with Crippen LogP contribution in [0.2, 0.25) is 0 Å². The Hall–Kier alpha value is -2.29. The first kappa shape index (κ1) is 12.7. The van der Waals surface area contributed by atoms with Crippen LogP contribution in [0.25, 0.3) is 0 Å². The van der Waals surface area contributed by atoms with Gasteiger partial charge in [0.25, 0.3) is 0 Å². The standard InChI is InChI=1S/C11H16N8O/c20-11(7-18-8-13-16-17-18)15-9-5-14-19(6-9)10-1-3-12-4-2-10/h5-6,8,10,12H,1-4,7H2,(H,15,20). The van der Waals surface area contributed by atoms with Crippen molar-refractivity contribution >= 4 is 11.6 Å². The number of carbonyl (C=O) groups is 1. The Morgan fingerprint density at radius 2 is 2.30 bits per heavy atom. The highest BCUT2D eigenvalue weighted by Crippen LogP contribution is 2.19. The van der Waals surface area contributed by atoms with E-state index in [1.807, 2.05) is 10.9 Å². The van der Waals surface area contributed by atoms with Gasteiger partial charge < -0.3 is 10.6 Å². The molecule has 0 spiro atoms. The summed E-state index contributed by atoms with van der Waals surface area (Å²) in [6.45, 7) is 2.10. The van der Waals surface area contributed by atoms with Crippen molar-refractivity contribution in [1.29, 1.82) is 0 Å². The number of tetrazole rings is 1. The van der Waals surface area contributed by atoms with Gasteiger partial charge in [-0.3, -0.25) is 9.48 Å². The SMILES string of the molecule is O=C(Cn1cnnn1)Nc1cnn(C2CCNCC2)c1. The van der Waals surface area contributed by atoms with Crippen molar-refractivity contribution in [3.63, 3.8) is 0 Å². The number of piperidine rings is 1. The summed E-state index contributed by atoms with van der Waals surface area (Å²) < 4.78 is 3.29. The largest absolute Gasteiger partial charge is 0.322 e. The van der Waals surface area contributed by atoms with Gasteiger partial charge >= 0.3 is 0 Å². The summed E-state index contributed by atoms with van der Waals surface area (Å²) in [5.74, 6) is -0.179. The van der Waals surface area contributed by atoms with E-state index in [-0.39, 0.29) is 12.5 Å². The van der Waals surface area contributed by atoms with E-state index in [0.717, 1.165) is 25.9 Å². The highest BCUT2D eigenvalue weighted by Gasteiger charge is 2.16. The van der Waals surface area contributed by atoms with Crippen molar-refractivity contribution < 1.29 is 4.79 Å². The van der Waals surface area contributed by atoms with Gasteiger partial charge in [0.05, 0.1) is 17.9 Å². The van der Waals surface area contributed by atoms with Gasteiger partial charge in [0, 0.05) is 6.20 Å². The zero-order valence-electron chi connectivity index (χ0n) is 10.9. The van der Waals surface area contributed by atoms with Gasteiger partial charge in [-0.2, -0.15) is 5.10 Å². The van der Waals surface area contributed by atoms with Gasteiger partial charge in [-0.25, -0.2) is 4.68 Å². The monoisotopic (exact) mass is 276 g/mol. The lowest BCUT2D eigenvalue weighted by Crippen LogP contribution is -2.29. The highest BCUT2D eigenvalue weighted by molar-refractivity contribution is 5.90. The van der Waals surface area contributed by atoms with Gasteiger partial charge in [-0.1, -0.05) is 0 Å². The number of nitrogens with one attached hydrogen (secondary N) is 2. The molecule has 1 aliphatic rings. The zero-order valence-corrected chi connectivity index (χ0v) is 10.9. The van der Waals surface area contributed by atoms with Crippen LogP contribution in [0.4, 0.5) is 5.69 Å². The second kappa shape index (κ2) is 5.78. The van der Waals surface area contributed by atoms with E-state index in [1.165, 1.54) is 11.0 Å². The van der Waals surface area contributed by atoms with Gasteiger partial charge in [-0.15, -0.1) is 5.10 Å². The van der Waals surface area contributed by atoms with Crippen molar-refractivity contribution in [1.82, 2.24) is 35.3 Å². The Balaban J connectivity index is 1.57. The van der Waals surface area contributed by atoms with Gasteiger partial charge in [-0.05, 0) is 36.4 Å². The number of anilines is 1. The Kier molecular flexibility index (Phi) is 3.68. The lowest BCUT2D eigenvalue weighted by Gasteiger charge is -2.22. The number of amides is 1. The average Bonchev–Trinajstić information content (AvgIpc) is 3.11. The third-order valence-electron chi connectivity index (χ3n) is 3.27. The van der Waals surface area contributed by atoms with Crippen LogP contribution in [-0.4, -0.2) is 49.0 Å². The maximum atomic E-state index is 11.8. The smallest absolute Gasteiger partial charge is 0.246 e. The molecule has 0 unspecified atom stereocenters. The third kappa shape index (κ3) is 2.99. The van der Waals surface area contributed by atoms with Crippen LogP contribution in [0.5, 0.6) is 0 Å². The van der Waals surface area contributed by atoms with E-state index in [2.05, 4.69) is 31.3 Å². The van der Waals surface area contributed by atoms with Crippen LogP contribution in [0.15, 0.2) is 18.7 Å². The molecule has 2 aromatic heterocycles. The van der Waals surface area contributed by atoms with Crippen LogP contribution < -0.4 is 10.6 Å². The minimum Gasteiger partial charge on any atom is -0.322 e. The lowest BCUT2D eigenvalue weighted by molar-refractivity contribution is -0.116. The number of rotatable bonds is 4. The zero-order chi connectivity index (χ0) is 13.8. The topological polar surface area (TPSA) is 103 Å². The van der Waals surface area contributed by atoms with Crippen LogP contribution >= 0.6 is 0 Å².